The lowest BCUT2D eigenvalue weighted by molar-refractivity contribution is 0.449. The molecule has 2 rings (SSSR count). The maximum absolute atomic E-state index is 5.91. The molecule has 2 aromatic rings. The van der Waals surface area contributed by atoms with Crippen LogP contribution in [0.4, 0.5) is 5.82 Å². The summed E-state index contributed by atoms with van der Waals surface area (Å²) in [6, 6.07) is 4.07. The van der Waals surface area contributed by atoms with Gasteiger partial charge in [0.05, 0.1) is 0 Å². The molecule has 92 valence electrons. The highest BCUT2D eigenvalue weighted by molar-refractivity contribution is 6.18. The van der Waals surface area contributed by atoms with Crippen LogP contribution >= 0.6 is 11.6 Å². The molecule has 0 aliphatic heterocycles. The van der Waals surface area contributed by atoms with Crippen LogP contribution in [0.25, 0.3) is 5.65 Å². The van der Waals surface area contributed by atoms with Crippen LogP contribution in [0.3, 0.4) is 0 Å². The minimum atomic E-state index is 0.0538. The van der Waals surface area contributed by atoms with Crippen molar-refractivity contribution in [3.8, 4) is 0 Å². The number of hydrogen-bond donors (Lipinski definition) is 1. The van der Waals surface area contributed by atoms with Gasteiger partial charge in [-0.15, -0.1) is 11.6 Å². The molecule has 0 fully saturated rings. The van der Waals surface area contributed by atoms with Gasteiger partial charge in [0.2, 0.25) is 0 Å². The minimum Gasteiger partial charge on any atom is -0.369 e. The third-order valence-corrected chi connectivity index (χ3v) is 3.36. The van der Waals surface area contributed by atoms with Crippen LogP contribution in [-0.4, -0.2) is 27.0 Å². The molecule has 0 unspecified atom stereocenters. The van der Waals surface area contributed by atoms with Crippen molar-refractivity contribution in [3.05, 3.63) is 24.0 Å². The summed E-state index contributed by atoms with van der Waals surface area (Å²) < 4.78 is 1.80. The number of rotatable bonds is 4. The molecule has 1 N–H and O–H groups in total. The van der Waals surface area contributed by atoms with Crippen molar-refractivity contribution >= 4 is 23.1 Å². The summed E-state index contributed by atoms with van der Waals surface area (Å²) in [6.07, 6.45) is 1.56. The monoisotopic (exact) mass is 252 g/mol. The van der Waals surface area contributed by atoms with Gasteiger partial charge in [-0.25, -0.2) is 4.98 Å². The predicted octanol–water partition coefficient (Wildman–Crippen LogP) is 2.71. The average molecular weight is 253 g/mol. The van der Waals surface area contributed by atoms with E-state index in [1.165, 1.54) is 0 Å². The molecule has 0 saturated carbocycles. The summed E-state index contributed by atoms with van der Waals surface area (Å²) in [5.41, 5.74) is 2.07. The number of alkyl halides is 1. The Morgan fingerprint density at radius 2 is 2.18 bits per heavy atom. The molecule has 0 aliphatic rings. The van der Waals surface area contributed by atoms with E-state index in [1.807, 2.05) is 13.0 Å². The Balaban J connectivity index is 2.26. The molecule has 5 heteroatoms. The molecule has 0 aliphatic carbocycles. The molecule has 0 bridgehead atoms. The first kappa shape index (κ1) is 12.2. The Morgan fingerprint density at radius 1 is 1.41 bits per heavy atom. The van der Waals surface area contributed by atoms with Crippen molar-refractivity contribution in [1.29, 1.82) is 0 Å². The second-order valence-electron chi connectivity index (χ2n) is 5.10. The van der Waals surface area contributed by atoms with Gasteiger partial charge in [-0.1, -0.05) is 13.8 Å². The lowest BCUT2D eigenvalue weighted by atomic mass is 9.96. The van der Waals surface area contributed by atoms with Crippen LogP contribution in [0.1, 0.15) is 19.4 Å². The summed E-state index contributed by atoms with van der Waals surface area (Å²) in [4.78, 5) is 4.19. The van der Waals surface area contributed by atoms with Crippen LogP contribution in [0.5, 0.6) is 0 Å². The van der Waals surface area contributed by atoms with Gasteiger partial charge in [0, 0.05) is 12.4 Å². The van der Waals surface area contributed by atoms with Crippen LogP contribution in [0.15, 0.2) is 18.5 Å². The molecule has 4 nitrogen and oxygen atoms in total. The van der Waals surface area contributed by atoms with E-state index in [0.29, 0.717) is 5.88 Å². The standard InChI is InChI=1S/C12H17ClN4/c1-9-4-10(14-7-12(2,3)6-13)17-11(5-9)15-8-16-17/h4-5,8,14H,6-7H2,1-3H3. The molecular weight excluding hydrogens is 236 g/mol. The molecule has 17 heavy (non-hydrogen) atoms. The zero-order valence-electron chi connectivity index (χ0n) is 10.4. The molecule has 0 amide bonds. The number of anilines is 1. The first-order valence-electron chi connectivity index (χ1n) is 5.62. The smallest absolute Gasteiger partial charge is 0.157 e. The fourth-order valence-electron chi connectivity index (χ4n) is 1.56. The van der Waals surface area contributed by atoms with Crippen molar-refractivity contribution in [2.24, 2.45) is 5.41 Å². The molecule has 2 heterocycles. The largest absolute Gasteiger partial charge is 0.369 e. The van der Waals surface area contributed by atoms with Crippen molar-refractivity contribution in [3.63, 3.8) is 0 Å². The SMILES string of the molecule is Cc1cc(NCC(C)(C)CCl)n2ncnc2c1. The third kappa shape index (κ3) is 2.69. The Kier molecular flexibility index (Phi) is 3.24. The molecule has 2 aromatic heterocycles. The molecule has 0 radical (unpaired) electrons. The maximum atomic E-state index is 5.91. The number of nitrogens with zero attached hydrogens (tertiary/aromatic N) is 3. The highest BCUT2D eigenvalue weighted by Gasteiger charge is 2.16. The van der Waals surface area contributed by atoms with Gasteiger partial charge in [0.15, 0.2) is 5.65 Å². The summed E-state index contributed by atoms with van der Waals surface area (Å²) in [5.74, 6) is 1.57. The Morgan fingerprint density at radius 3 is 2.88 bits per heavy atom. The lowest BCUT2D eigenvalue weighted by Crippen LogP contribution is -2.25. The number of fused-ring (bicyclic) bond motifs is 1. The van der Waals surface area contributed by atoms with Crippen LogP contribution in [0, 0.1) is 12.3 Å². The summed E-state index contributed by atoms with van der Waals surface area (Å²) in [5, 5.41) is 7.58. The van der Waals surface area contributed by atoms with Gasteiger partial charge in [-0.3, -0.25) is 0 Å². The van der Waals surface area contributed by atoms with Crippen molar-refractivity contribution in [1.82, 2.24) is 14.6 Å². The third-order valence-electron chi connectivity index (χ3n) is 2.63. The number of aromatic nitrogens is 3. The van der Waals surface area contributed by atoms with Crippen LogP contribution in [-0.2, 0) is 0 Å². The number of pyridine rings is 1. The molecule has 0 saturated heterocycles. The predicted molar refractivity (Wildman–Crippen MR) is 70.7 cm³/mol. The van der Waals surface area contributed by atoms with Crippen molar-refractivity contribution in [2.45, 2.75) is 20.8 Å². The first-order valence-corrected chi connectivity index (χ1v) is 6.15. The van der Waals surface area contributed by atoms with E-state index in [-0.39, 0.29) is 5.41 Å². The molecule has 0 aromatic carbocycles. The van der Waals surface area contributed by atoms with Gasteiger partial charge >= 0.3 is 0 Å². The van der Waals surface area contributed by atoms with E-state index in [9.17, 15) is 0 Å². The summed E-state index contributed by atoms with van der Waals surface area (Å²) in [7, 11) is 0. The zero-order chi connectivity index (χ0) is 12.5. The normalized spacial score (nSPS) is 12.0. The molecule has 0 spiro atoms. The second kappa shape index (κ2) is 4.53. The fraction of sp³-hybridized carbons (Fsp3) is 0.500. The van der Waals surface area contributed by atoms with Gasteiger partial charge in [0.25, 0.3) is 0 Å². The van der Waals surface area contributed by atoms with E-state index in [1.54, 1.807) is 10.8 Å². The Labute approximate surface area is 106 Å². The maximum Gasteiger partial charge on any atom is 0.157 e. The molecular formula is C12H17ClN4. The van der Waals surface area contributed by atoms with E-state index in [4.69, 9.17) is 11.6 Å². The number of hydrogen-bond acceptors (Lipinski definition) is 3. The van der Waals surface area contributed by atoms with E-state index in [2.05, 4.69) is 35.3 Å². The average Bonchev–Trinajstić information content (AvgIpc) is 2.73. The second-order valence-corrected chi connectivity index (χ2v) is 5.37. The van der Waals surface area contributed by atoms with Gasteiger partial charge in [-0.2, -0.15) is 9.61 Å². The first-order chi connectivity index (χ1) is 8.02. The lowest BCUT2D eigenvalue weighted by Gasteiger charge is -2.22. The minimum absolute atomic E-state index is 0.0538. The Hall–Kier alpha value is -1.29. The highest BCUT2D eigenvalue weighted by Crippen LogP contribution is 2.19. The number of nitrogens with one attached hydrogen (secondary N) is 1. The Bertz CT molecular complexity index is 518. The quantitative estimate of drug-likeness (QED) is 0.851. The number of aryl methyl sites for hydroxylation is 1. The highest BCUT2D eigenvalue weighted by atomic mass is 35.5. The summed E-state index contributed by atoms with van der Waals surface area (Å²) in [6.45, 7) is 7.10. The number of halogens is 1. The zero-order valence-corrected chi connectivity index (χ0v) is 11.1. The van der Waals surface area contributed by atoms with Gasteiger partial charge in [-0.05, 0) is 30.0 Å². The van der Waals surface area contributed by atoms with E-state index < -0.39 is 0 Å². The topological polar surface area (TPSA) is 42.2 Å². The van der Waals surface area contributed by atoms with Crippen molar-refractivity contribution in [2.75, 3.05) is 17.7 Å². The van der Waals surface area contributed by atoms with Crippen LogP contribution in [0.2, 0.25) is 0 Å². The van der Waals surface area contributed by atoms with E-state index in [0.717, 1.165) is 23.6 Å². The van der Waals surface area contributed by atoms with Gasteiger partial charge < -0.3 is 5.32 Å². The van der Waals surface area contributed by atoms with Crippen LogP contribution < -0.4 is 5.32 Å². The fourth-order valence-corrected chi connectivity index (χ4v) is 1.65. The summed E-state index contributed by atoms with van der Waals surface area (Å²) >= 11 is 5.91. The molecule has 0 atom stereocenters. The van der Waals surface area contributed by atoms with Crippen molar-refractivity contribution < 1.29 is 0 Å². The van der Waals surface area contributed by atoms with E-state index >= 15 is 0 Å². The van der Waals surface area contributed by atoms with Gasteiger partial charge in [0.1, 0.15) is 12.1 Å².